The molecule has 1 aromatic rings. The van der Waals surface area contributed by atoms with E-state index in [9.17, 15) is 4.79 Å². The van der Waals surface area contributed by atoms with Crippen molar-refractivity contribution < 1.29 is 9.53 Å². The van der Waals surface area contributed by atoms with E-state index in [1.54, 1.807) is 0 Å². The first-order chi connectivity index (χ1) is 9.33. The second-order valence-corrected chi connectivity index (χ2v) is 5.38. The highest BCUT2D eigenvalue weighted by molar-refractivity contribution is 5.94. The third kappa shape index (κ3) is 2.96. The lowest BCUT2D eigenvalue weighted by Crippen LogP contribution is -2.33. The Balaban J connectivity index is 1.57. The van der Waals surface area contributed by atoms with Gasteiger partial charge in [0, 0.05) is 31.8 Å². The summed E-state index contributed by atoms with van der Waals surface area (Å²) < 4.78 is 5.42. The van der Waals surface area contributed by atoms with E-state index in [1.165, 1.54) is 11.1 Å². The van der Waals surface area contributed by atoms with Crippen LogP contribution in [0, 0.1) is 5.92 Å². The molecule has 0 aromatic heterocycles. The molecule has 2 aliphatic heterocycles. The van der Waals surface area contributed by atoms with Crippen LogP contribution in [0.2, 0.25) is 0 Å². The summed E-state index contributed by atoms with van der Waals surface area (Å²) in [5.41, 5.74) is 3.31. The van der Waals surface area contributed by atoms with Crippen molar-refractivity contribution in [1.82, 2.24) is 10.6 Å². The van der Waals surface area contributed by atoms with Crippen LogP contribution in [-0.4, -0.2) is 25.7 Å². The quantitative estimate of drug-likeness (QED) is 0.865. The highest BCUT2D eigenvalue weighted by Gasteiger charge is 2.17. The van der Waals surface area contributed by atoms with Crippen molar-refractivity contribution in [1.29, 1.82) is 0 Å². The third-order valence-electron chi connectivity index (χ3n) is 3.91. The number of hydrogen-bond acceptors (Lipinski definition) is 3. The summed E-state index contributed by atoms with van der Waals surface area (Å²) in [4.78, 5) is 12.1. The molecule has 19 heavy (non-hydrogen) atoms. The molecule has 1 aromatic carbocycles. The van der Waals surface area contributed by atoms with Gasteiger partial charge >= 0.3 is 0 Å². The van der Waals surface area contributed by atoms with E-state index in [0.717, 1.165) is 44.7 Å². The van der Waals surface area contributed by atoms with Gasteiger partial charge in [-0.05, 0) is 42.0 Å². The molecule has 1 unspecified atom stereocenters. The second-order valence-electron chi connectivity index (χ2n) is 5.38. The summed E-state index contributed by atoms with van der Waals surface area (Å²) in [6.07, 6.45) is 2.25. The van der Waals surface area contributed by atoms with Gasteiger partial charge in [0.25, 0.3) is 5.91 Å². The van der Waals surface area contributed by atoms with Crippen molar-refractivity contribution in [3.63, 3.8) is 0 Å². The largest absolute Gasteiger partial charge is 0.381 e. The van der Waals surface area contributed by atoms with Crippen LogP contribution in [0.3, 0.4) is 0 Å². The molecule has 2 aliphatic rings. The maximum absolute atomic E-state index is 12.1. The van der Waals surface area contributed by atoms with Crippen LogP contribution in [0.1, 0.15) is 34.3 Å². The van der Waals surface area contributed by atoms with Crippen LogP contribution in [0.15, 0.2) is 18.2 Å². The number of nitrogens with one attached hydrogen (secondary N) is 2. The van der Waals surface area contributed by atoms with Crippen LogP contribution < -0.4 is 10.6 Å². The van der Waals surface area contributed by atoms with E-state index in [2.05, 4.69) is 10.6 Å². The lowest BCUT2D eigenvalue weighted by atomic mass is 10.0. The summed E-state index contributed by atoms with van der Waals surface area (Å²) >= 11 is 0. The lowest BCUT2D eigenvalue weighted by molar-refractivity contribution is 0.0536. The number of carbonyl (C=O) groups is 1. The SMILES string of the molecule is O=C(NCC1CCCOC1)c1ccc2c(c1)CNC2. The van der Waals surface area contributed by atoms with Crippen LogP contribution in [-0.2, 0) is 17.8 Å². The molecule has 0 bridgehead atoms. The summed E-state index contributed by atoms with van der Waals surface area (Å²) in [6.45, 7) is 4.13. The van der Waals surface area contributed by atoms with E-state index in [-0.39, 0.29) is 5.91 Å². The Labute approximate surface area is 113 Å². The fraction of sp³-hybridized carbons (Fsp3) is 0.533. The lowest BCUT2D eigenvalue weighted by Gasteiger charge is -2.22. The zero-order valence-corrected chi connectivity index (χ0v) is 11.1. The molecule has 3 rings (SSSR count). The number of rotatable bonds is 3. The predicted molar refractivity (Wildman–Crippen MR) is 72.9 cm³/mol. The summed E-state index contributed by atoms with van der Waals surface area (Å²) in [7, 11) is 0. The first-order valence-electron chi connectivity index (χ1n) is 7.01. The highest BCUT2D eigenvalue weighted by atomic mass is 16.5. The maximum atomic E-state index is 12.1. The fourth-order valence-corrected chi connectivity index (χ4v) is 2.74. The summed E-state index contributed by atoms with van der Waals surface area (Å²) in [5.74, 6) is 0.495. The van der Waals surface area contributed by atoms with Crippen LogP contribution in [0.4, 0.5) is 0 Å². The summed E-state index contributed by atoms with van der Waals surface area (Å²) in [5, 5.41) is 6.31. The maximum Gasteiger partial charge on any atom is 0.251 e. The molecular formula is C15H20N2O2. The minimum Gasteiger partial charge on any atom is -0.381 e. The van der Waals surface area contributed by atoms with E-state index in [4.69, 9.17) is 4.74 Å². The second kappa shape index (κ2) is 5.72. The third-order valence-corrected chi connectivity index (χ3v) is 3.91. The van der Waals surface area contributed by atoms with Gasteiger partial charge in [0.15, 0.2) is 0 Å². The standard InChI is InChI=1S/C15H20N2O2/c18-15(17-7-11-2-1-5-19-10-11)12-3-4-13-8-16-9-14(13)6-12/h3-4,6,11,16H,1-2,5,7-10H2,(H,17,18). The van der Waals surface area contributed by atoms with Gasteiger partial charge in [-0.25, -0.2) is 0 Å². The molecule has 0 aliphatic carbocycles. The van der Waals surface area contributed by atoms with Gasteiger partial charge in [-0.15, -0.1) is 0 Å². The van der Waals surface area contributed by atoms with Crippen molar-refractivity contribution in [2.45, 2.75) is 25.9 Å². The molecule has 1 saturated heterocycles. The smallest absolute Gasteiger partial charge is 0.251 e. The number of carbonyl (C=O) groups excluding carboxylic acids is 1. The van der Waals surface area contributed by atoms with Crippen molar-refractivity contribution in [3.05, 3.63) is 34.9 Å². The fourth-order valence-electron chi connectivity index (χ4n) is 2.74. The molecule has 1 fully saturated rings. The Bertz CT molecular complexity index is 467. The monoisotopic (exact) mass is 260 g/mol. The minimum atomic E-state index is 0.0280. The molecule has 2 heterocycles. The number of benzene rings is 1. The molecule has 1 atom stereocenters. The molecule has 0 radical (unpaired) electrons. The van der Waals surface area contributed by atoms with Gasteiger partial charge in [0.2, 0.25) is 0 Å². The van der Waals surface area contributed by atoms with Crippen LogP contribution in [0.5, 0.6) is 0 Å². The van der Waals surface area contributed by atoms with Gasteiger partial charge < -0.3 is 15.4 Å². The Morgan fingerprint density at radius 2 is 2.26 bits per heavy atom. The average molecular weight is 260 g/mol. The van der Waals surface area contributed by atoms with Crippen molar-refractivity contribution in [2.75, 3.05) is 19.8 Å². The van der Waals surface area contributed by atoms with Gasteiger partial charge in [0.05, 0.1) is 6.61 Å². The van der Waals surface area contributed by atoms with Gasteiger partial charge in [-0.3, -0.25) is 4.79 Å². The number of fused-ring (bicyclic) bond motifs is 1. The minimum absolute atomic E-state index is 0.0280. The van der Waals surface area contributed by atoms with Gasteiger partial charge in [-0.2, -0.15) is 0 Å². The van der Waals surface area contributed by atoms with E-state index in [1.807, 2.05) is 18.2 Å². The molecule has 0 spiro atoms. The summed E-state index contributed by atoms with van der Waals surface area (Å²) in [6, 6.07) is 5.97. The van der Waals surface area contributed by atoms with Crippen molar-refractivity contribution in [2.24, 2.45) is 5.92 Å². The molecule has 0 saturated carbocycles. The van der Waals surface area contributed by atoms with Crippen LogP contribution in [0.25, 0.3) is 0 Å². The number of hydrogen-bond donors (Lipinski definition) is 2. The molecule has 4 heteroatoms. The Morgan fingerprint density at radius 3 is 3.11 bits per heavy atom. The molecular weight excluding hydrogens is 240 g/mol. The average Bonchev–Trinajstić information content (AvgIpc) is 2.93. The molecule has 4 nitrogen and oxygen atoms in total. The first-order valence-corrected chi connectivity index (χ1v) is 7.01. The zero-order chi connectivity index (χ0) is 13.1. The van der Waals surface area contributed by atoms with E-state index >= 15 is 0 Å². The Morgan fingerprint density at radius 1 is 1.37 bits per heavy atom. The molecule has 1 amide bonds. The molecule has 2 N–H and O–H groups in total. The zero-order valence-electron chi connectivity index (χ0n) is 11.1. The topological polar surface area (TPSA) is 50.4 Å². The van der Waals surface area contributed by atoms with Crippen molar-refractivity contribution >= 4 is 5.91 Å². The number of ether oxygens (including phenoxy) is 1. The normalized spacial score (nSPS) is 22.0. The van der Waals surface area contributed by atoms with Crippen LogP contribution >= 0.6 is 0 Å². The van der Waals surface area contributed by atoms with E-state index in [0.29, 0.717) is 12.5 Å². The van der Waals surface area contributed by atoms with Gasteiger partial charge in [-0.1, -0.05) is 6.07 Å². The Hall–Kier alpha value is -1.39. The highest BCUT2D eigenvalue weighted by Crippen LogP contribution is 2.17. The first kappa shape index (κ1) is 12.6. The number of amides is 1. The van der Waals surface area contributed by atoms with Crippen molar-refractivity contribution in [3.8, 4) is 0 Å². The van der Waals surface area contributed by atoms with Gasteiger partial charge in [0.1, 0.15) is 0 Å². The Kier molecular flexibility index (Phi) is 3.80. The predicted octanol–water partition coefficient (Wildman–Crippen LogP) is 1.45. The van der Waals surface area contributed by atoms with E-state index < -0.39 is 0 Å². The molecule has 102 valence electrons.